The van der Waals surface area contributed by atoms with E-state index in [-0.39, 0.29) is 11.6 Å². The molecule has 0 aromatic heterocycles. The molecule has 6 heteroatoms. The van der Waals surface area contributed by atoms with Gasteiger partial charge in [-0.15, -0.1) is 0 Å². The van der Waals surface area contributed by atoms with Gasteiger partial charge >= 0.3 is 12.0 Å². The van der Waals surface area contributed by atoms with Gasteiger partial charge in [-0.1, -0.05) is 32.4 Å². The Morgan fingerprint density at radius 3 is 2.53 bits per heavy atom. The topological polar surface area (TPSA) is 78.4 Å². The van der Waals surface area contributed by atoms with Gasteiger partial charge in [0.1, 0.15) is 11.9 Å². The number of carboxylic acids is 1. The number of para-hydroxylation sites is 1. The summed E-state index contributed by atoms with van der Waals surface area (Å²) in [7, 11) is 0. The maximum atomic E-state index is 13.3. The lowest BCUT2D eigenvalue weighted by molar-refractivity contribution is -0.140. The van der Waals surface area contributed by atoms with Crippen molar-refractivity contribution in [2.24, 2.45) is 5.92 Å². The normalized spacial score (nSPS) is 13.4. The summed E-state index contributed by atoms with van der Waals surface area (Å²) in [5, 5.41) is 13.6. The zero-order valence-electron chi connectivity index (χ0n) is 10.8. The summed E-state index contributed by atoms with van der Waals surface area (Å²) < 4.78 is 13.3. The van der Waals surface area contributed by atoms with Crippen molar-refractivity contribution in [2.45, 2.75) is 26.3 Å². The highest BCUT2D eigenvalue weighted by Crippen LogP contribution is 2.13. The largest absolute Gasteiger partial charge is 0.480 e. The summed E-state index contributed by atoms with van der Waals surface area (Å²) in [4.78, 5) is 22.7. The molecule has 0 bridgehead atoms. The van der Waals surface area contributed by atoms with Gasteiger partial charge in [0.15, 0.2) is 0 Å². The van der Waals surface area contributed by atoms with Gasteiger partial charge in [-0.25, -0.2) is 14.0 Å². The van der Waals surface area contributed by atoms with Crippen LogP contribution in [0.4, 0.5) is 14.9 Å². The van der Waals surface area contributed by atoms with E-state index in [0.717, 1.165) is 0 Å². The molecule has 0 radical (unpaired) electrons. The summed E-state index contributed by atoms with van der Waals surface area (Å²) in [5.74, 6) is -1.91. The quantitative estimate of drug-likeness (QED) is 0.767. The van der Waals surface area contributed by atoms with Gasteiger partial charge in [-0.05, 0) is 18.1 Å². The number of carbonyl (C=O) groups excluding carboxylic acids is 1. The molecule has 1 aromatic rings. The summed E-state index contributed by atoms with van der Waals surface area (Å²) in [6, 6.07) is 3.93. The van der Waals surface area contributed by atoms with Gasteiger partial charge in [0.05, 0.1) is 5.69 Å². The van der Waals surface area contributed by atoms with Crippen LogP contribution in [0.1, 0.15) is 20.3 Å². The van der Waals surface area contributed by atoms with E-state index >= 15 is 0 Å². The Hall–Kier alpha value is -2.11. The molecule has 0 heterocycles. The highest BCUT2D eigenvalue weighted by molar-refractivity contribution is 5.92. The molecule has 0 spiro atoms. The predicted octanol–water partition coefficient (Wildman–Crippen LogP) is 2.45. The number of amides is 2. The van der Waals surface area contributed by atoms with E-state index in [4.69, 9.17) is 5.11 Å². The van der Waals surface area contributed by atoms with Crippen LogP contribution >= 0.6 is 0 Å². The Labute approximate surface area is 110 Å². The summed E-state index contributed by atoms with van der Waals surface area (Å²) >= 11 is 0. The minimum Gasteiger partial charge on any atom is -0.480 e. The third-order valence-electron chi connectivity index (χ3n) is 2.89. The van der Waals surface area contributed by atoms with Crippen molar-refractivity contribution in [1.82, 2.24) is 5.32 Å². The minimum absolute atomic E-state index is 0.00768. The van der Waals surface area contributed by atoms with E-state index in [0.29, 0.717) is 6.42 Å². The Bertz CT molecular complexity index is 465. The molecule has 0 unspecified atom stereocenters. The third-order valence-corrected chi connectivity index (χ3v) is 2.89. The van der Waals surface area contributed by atoms with Gasteiger partial charge < -0.3 is 15.7 Å². The number of aliphatic carboxylic acids is 1. The first-order valence-electron chi connectivity index (χ1n) is 6.00. The monoisotopic (exact) mass is 268 g/mol. The fourth-order valence-corrected chi connectivity index (χ4v) is 1.55. The van der Waals surface area contributed by atoms with E-state index in [1.807, 2.05) is 6.92 Å². The van der Waals surface area contributed by atoms with Crippen LogP contribution in [0.3, 0.4) is 0 Å². The molecular formula is C13H17FN2O3. The van der Waals surface area contributed by atoms with Crippen molar-refractivity contribution in [2.75, 3.05) is 5.32 Å². The molecule has 0 saturated heterocycles. The van der Waals surface area contributed by atoms with Crippen molar-refractivity contribution in [3.8, 4) is 0 Å². The molecule has 19 heavy (non-hydrogen) atoms. The SMILES string of the molecule is CC[C@H](C)[C@H](NC(=O)Nc1ccccc1F)C(=O)O. The van der Waals surface area contributed by atoms with Crippen LogP contribution in [0, 0.1) is 11.7 Å². The van der Waals surface area contributed by atoms with E-state index in [1.54, 1.807) is 13.0 Å². The lowest BCUT2D eigenvalue weighted by Crippen LogP contribution is -2.46. The minimum atomic E-state index is -1.11. The maximum absolute atomic E-state index is 13.3. The zero-order chi connectivity index (χ0) is 14.4. The van der Waals surface area contributed by atoms with Crippen LogP contribution in [0.15, 0.2) is 24.3 Å². The number of rotatable bonds is 5. The van der Waals surface area contributed by atoms with Crippen LogP contribution in [0.2, 0.25) is 0 Å². The van der Waals surface area contributed by atoms with E-state index in [9.17, 15) is 14.0 Å². The number of hydrogen-bond acceptors (Lipinski definition) is 2. The van der Waals surface area contributed by atoms with E-state index < -0.39 is 23.9 Å². The Morgan fingerprint density at radius 2 is 2.00 bits per heavy atom. The molecule has 0 fully saturated rings. The first-order chi connectivity index (χ1) is 8.95. The van der Waals surface area contributed by atoms with E-state index in [1.165, 1.54) is 18.2 Å². The number of benzene rings is 1. The molecular weight excluding hydrogens is 251 g/mol. The summed E-state index contributed by atoms with van der Waals surface area (Å²) in [6.45, 7) is 3.55. The second kappa shape index (κ2) is 6.72. The molecule has 2 atom stereocenters. The molecule has 104 valence electrons. The summed E-state index contributed by atoms with van der Waals surface area (Å²) in [6.07, 6.45) is 0.608. The number of carboxylic acid groups (broad SMARTS) is 1. The van der Waals surface area contributed by atoms with Crippen molar-refractivity contribution >= 4 is 17.7 Å². The standard InChI is InChI=1S/C13H17FN2O3/c1-3-8(2)11(12(17)18)16-13(19)15-10-7-5-4-6-9(10)14/h4-8,11H,3H2,1-2H3,(H,17,18)(H2,15,16,19)/t8-,11-/m0/s1. The first kappa shape index (κ1) is 14.9. The zero-order valence-corrected chi connectivity index (χ0v) is 10.8. The van der Waals surface area contributed by atoms with Gasteiger partial charge in [0.2, 0.25) is 0 Å². The van der Waals surface area contributed by atoms with Gasteiger partial charge in [-0.3, -0.25) is 0 Å². The maximum Gasteiger partial charge on any atom is 0.326 e. The molecule has 5 nitrogen and oxygen atoms in total. The third kappa shape index (κ3) is 4.24. The molecule has 2 amide bonds. The first-order valence-corrected chi connectivity index (χ1v) is 6.00. The van der Waals surface area contributed by atoms with Crippen LogP contribution < -0.4 is 10.6 Å². The Kier molecular flexibility index (Phi) is 5.29. The predicted molar refractivity (Wildman–Crippen MR) is 69.4 cm³/mol. The summed E-state index contributed by atoms with van der Waals surface area (Å²) in [5.41, 5.74) is 0.00768. The average Bonchev–Trinajstić information content (AvgIpc) is 2.37. The van der Waals surface area contributed by atoms with Gasteiger partial charge in [0, 0.05) is 0 Å². The second-order valence-electron chi connectivity index (χ2n) is 4.28. The van der Waals surface area contributed by atoms with Crippen molar-refractivity contribution in [1.29, 1.82) is 0 Å². The number of anilines is 1. The van der Waals surface area contributed by atoms with Crippen molar-refractivity contribution in [3.05, 3.63) is 30.1 Å². The molecule has 0 aliphatic heterocycles. The molecule has 1 aromatic carbocycles. The lowest BCUT2D eigenvalue weighted by atomic mass is 9.99. The van der Waals surface area contributed by atoms with E-state index in [2.05, 4.69) is 10.6 Å². The smallest absolute Gasteiger partial charge is 0.326 e. The fourth-order valence-electron chi connectivity index (χ4n) is 1.55. The lowest BCUT2D eigenvalue weighted by Gasteiger charge is -2.20. The van der Waals surface area contributed by atoms with Gasteiger partial charge in [0.25, 0.3) is 0 Å². The van der Waals surface area contributed by atoms with Gasteiger partial charge in [-0.2, -0.15) is 0 Å². The molecule has 0 aliphatic rings. The number of halogens is 1. The number of carbonyl (C=O) groups is 2. The van der Waals surface area contributed by atoms with Crippen LogP contribution in [0.5, 0.6) is 0 Å². The number of hydrogen-bond donors (Lipinski definition) is 3. The second-order valence-corrected chi connectivity index (χ2v) is 4.28. The van der Waals surface area contributed by atoms with Crippen LogP contribution in [-0.4, -0.2) is 23.1 Å². The highest BCUT2D eigenvalue weighted by Gasteiger charge is 2.25. The number of urea groups is 1. The molecule has 0 saturated carbocycles. The average molecular weight is 268 g/mol. The van der Waals surface area contributed by atoms with Crippen LogP contribution in [-0.2, 0) is 4.79 Å². The molecule has 0 aliphatic carbocycles. The molecule has 1 rings (SSSR count). The molecule has 3 N–H and O–H groups in total. The number of nitrogens with one attached hydrogen (secondary N) is 2. The Morgan fingerprint density at radius 1 is 1.37 bits per heavy atom. The van der Waals surface area contributed by atoms with Crippen molar-refractivity contribution < 1.29 is 19.1 Å². The Balaban J connectivity index is 2.68. The fraction of sp³-hybridized carbons (Fsp3) is 0.385. The highest BCUT2D eigenvalue weighted by atomic mass is 19.1. The van der Waals surface area contributed by atoms with Crippen molar-refractivity contribution in [3.63, 3.8) is 0 Å². The van der Waals surface area contributed by atoms with Crippen LogP contribution in [0.25, 0.3) is 0 Å².